The molecule has 0 fully saturated rings. The molecule has 96 valence electrons. The third-order valence-electron chi connectivity index (χ3n) is 3.03. The molecule has 6 heteroatoms. The Morgan fingerprint density at radius 1 is 1.28 bits per heavy atom. The van der Waals surface area contributed by atoms with Gasteiger partial charge in [-0.05, 0) is 60.1 Å². The first-order valence-electron chi connectivity index (χ1n) is 5.36. The minimum absolute atomic E-state index is 0.491. The van der Waals surface area contributed by atoms with Crippen molar-refractivity contribution < 1.29 is 9.53 Å². The average Bonchev–Trinajstić information content (AvgIpc) is 2.77. The highest BCUT2D eigenvalue weighted by molar-refractivity contribution is 14.1. The molecule has 1 heterocycles. The van der Waals surface area contributed by atoms with Gasteiger partial charge < -0.3 is 4.74 Å². The molecule has 0 radical (unpaired) electrons. The number of nitrogens with zero attached hydrogens (tertiary/aromatic N) is 1. The molecule has 0 aliphatic rings. The summed E-state index contributed by atoms with van der Waals surface area (Å²) in [6.45, 7) is 6.26. The third kappa shape index (κ3) is 2.18. The van der Waals surface area contributed by atoms with Crippen LogP contribution in [0.1, 0.15) is 16.7 Å². The number of anilines is 1. The largest absolute Gasteiger partial charge is 0.453 e. The molecular formula is C12H13IN2O2S. The standard InChI is InChI=1S/C12H13IN2O2S/c1-5-6(2)8(13)10-9(7(5)3)14-11(18-10)15-12(16)17-4/h1-4H3,(H,14,15,16). The Bertz CT molecular complexity index is 592. The maximum atomic E-state index is 11.2. The monoisotopic (exact) mass is 376 g/mol. The number of ether oxygens (including phenoxy) is 1. The molecule has 18 heavy (non-hydrogen) atoms. The summed E-state index contributed by atoms with van der Waals surface area (Å²) in [7, 11) is 1.34. The number of carbonyl (C=O) groups excluding carboxylic acids is 1. The fraction of sp³-hybridized carbons (Fsp3) is 0.333. The van der Waals surface area contributed by atoms with Crippen molar-refractivity contribution in [3.8, 4) is 0 Å². The van der Waals surface area contributed by atoms with Crippen LogP contribution >= 0.6 is 33.9 Å². The zero-order chi connectivity index (χ0) is 13.4. The number of fused-ring (bicyclic) bond motifs is 1. The first kappa shape index (κ1) is 13.5. The average molecular weight is 376 g/mol. The van der Waals surface area contributed by atoms with E-state index < -0.39 is 6.09 Å². The van der Waals surface area contributed by atoms with Gasteiger partial charge in [0.25, 0.3) is 0 Å². The first-order valence-corrected chi connectivity index (χ1v) is 7.26. The summed E-state index contributed by atoms with van der Waals surface area (Å²) in [4.78, 5) is 15.7. The highest BCUT2D eigenvalue weighted by Crippen LogP contribution is 2.36. The lowest BCUT2D eigenvalue weighted by Gasteiger charge is -2.07. The van der Waals surface area contributed by atoms with Crippen LogP contribution in [0.2, 0.25) is 0 Å². The van der Waals surface area contributed by atoms with E-state index in [9.17, 15) is 4.79 Å². The van der Waals surface area contributed by atoms with Gasteiger partial charge in [-0.1, -0.05) is 11.3 Å². The van der Waals surface area contributed by atoms with Crippen molar-refractivity contribution in [1.29, 1.82) is 0 Å². The molecule has 1 aromatic heterocycles. The van der Waals surface area contributed by atoms with E-state index in [1.165, 1.54) is 33.1 Å². The minimum atomic E-state index is -0.491. The lowest BCUT2D eigenvalue weighted by molar-refractivity contribution is 0.187. The summed E-state index contributed by atoms with van der Waals surface area (Å²) < 4.78 is 6.88. The van der Waals surface area contributed by atoms with Gasteiger partial charge in [0.15, 0.2) is 5.13 Å². The number of aryl methyl sites for hydroxylation is 1. The van der Waals surface area contributed by atoms with Crippen molar-refractivity contribution in [2.24, 2.45) is 0 Å². The van der Waals surface area contributed by atoms with Gasteiger partial charge in [-0.25, -0.2) is 9.78 Å². The lowest BCUT2D eigenvalue weighted by atomic mass is 10.0. The van der Waals surface area contributed by atoms with Gasteiger partial charge in [0.1, 0.15) is 0 Å². The molecule has 4 nitrogen and oxygen atoms in total. The van der Waals surface area contributed by atoms with Crippen LogP contribution in [-0.4, -0.2) is 18.2 Å². The van der Waals surface area contributed by atoms with Crippen LogP contribution in [0, 0.1) is 24.3 Å². The van der Waals surface area contributed by atoms with Crippen LogP contribution in [0.25, 0.3) is 10.2 Å². The number of amides is 1. The number of hydrogen-bond donors (Lipinski definition) is 1. The topological polar surface area (TPSA) is 51.2 Å². The van der Waals surface area contributed by atoms with Crippen molar-refractivity contribution in [2.75, 3.05) is 12.4 Å². The molecule has 0 bridgehead atoms. The smallest absolute Gasteiger partial charge is 0.413 e. The van der Waals surface area contributed by atoms with E-state index in [1.54, 1.807) is 0 Å². The van der Waals surface area contributed by atoms with Gasteiger partial charge in [-0.2, -0.15) is 0 Å². The van der Waals surface area contributed by atoms with E-state index in [1.807, 2.05) is 0 Å². The molecule has 1 N–H and O–H groups in total. The third-order valence-corrected chi connectivity index (χ3v) is 5.73. The highest BCUT2D eigenvalue weighted by Gasteiger charge is 2.15. The Morgan fingerprint density at radius 3 is 2.56 bits per heavy atom. The maximum absolute atomic E-state index is 11.2. The van der Waals surface area contributed by atoms with Gasteiger partial charge in [-0.3, -0.25) is 5.32 Å². The molecule has 2 rings (SSSR count). The highest BCUT2D eigenvalue weighted by atomic mass is 127. The van der Waals surface area contributed by atoms with Crippen LogP contribution in [0.15, 0.2) is 0 Å². The van der Waals surface area contributed by atoms with Crippen molar-refractivity contribution in [3.05, 3.63) is 20.3 Å². The number of halogens is 1. The van der Waals surface area contributed by atoms with Crippen molar-refractivity contribution in [1.82, 2.24) is 4.98 Å². The van der Waals surface area contributed by atoms with E-state index in [2.05, 4.69) is 58.4 Å². The number of aromatic nitrogens is 1. The van der Waals surface area contributed by atoms with Crippen LogP contribution in [0.3, 0.4) is 0 Å². The van der Waals surface area contributed by atoms with Crippen molar-refractivity contribution in [2.45, 2.75) is 20.8 Å². The van der Waals surface area contributed by atoms with Crippen LogP contribution in [-0.2, 0) is 4.74 Å². The molecule has 0 saturated carbocycles. The summed E-state index contributed by atoms with van der Waals surface area (Å²) in [6, 6.07) is 0. The zero-order valence-corrected chi connectivity index (χ0v) is 13.5. The van der Waals surface area contributed by atoms with Crippen molar-refractivity contribution >= 4 is 55.4 Å². The predicted molar refractivity (Wildman–Crippen MR) is 82.6 cm³/mol. The quantitative estimate of drug-likeness (QED) is 0.766. The minimum Gasteiger partial charge on any atom is -0.453 e. The second-order valence-electron chi connectivity index (χ2n) is 4.00. The second kappa shape index (κ2) is 5.00. The Labute approximate surface area is 123 Å². The number of nitrogens with one attached hydrogen (secondary N) is 1. The number of methoxy groups -OCH3 is 1. The van der Waals surface area contributed by atoms with Crippen LogP contribution in [0.4, 0.5) is 9.93 Å². The van der Waals surface area contributed by atoms with Crippen LogP contribution < -0.4 is 5.32 Å². The molecule has 0 aliphatic heterocycles. The molecule has 0 spiro atoms. The number of thiazole rings is 1. The number of benzene rings is 1. The molecule has 1 amide bonds. The lowest BCUT2D eigenvalue weighted by Crippen LogP contribution is -2.10. The summed E-state index contributed by atoms with van der Waals surface area (Å²) >= 11 is 3.80. The van der Waals surface area contributed by atoms with E-state index in [0.29, 0.717) is 5.13 Å². The first-order chi connectivity index (χ1) is 8.45. The maximum Gasteiger partial charge on any atom is 0.413 e. The molecule has 2 aromatic rings. The summed E-state index contributed by atoms with van der Waals surface area (Å²) in [5.41, 5.74) is 4.65. The summed E-state index contributed by atoms with van der Waals surface area (Å²) in [6.07, 6.45) is -0.491. The van der Waals surface area contributed by atoms with E-state index in [0.717, 1.165) is 15.8 Å². The van der Waals surface area contributed by atoms with E-state index in [-0.39, 0.29) is 0 Å². The number of carbonyl (C=O) groups is 1. The molecular weight excluding hydrogens is 363 g/mol. The van der Waals surface area contributed by atoms with Gasteiger partial charge in [0, 0.05) is 3.57 Å². The number of rotatable bonds is 1. The Kier molecular flexibility index (Phi) is 3.76. The van der Waals surface area contributed by atoms with Crippen LogP contribution in [0.5, 0.6) is 0 Å². The summed E-state index contributed by atoms with van der Waals surface area (Å²) in [5.74, 6) is 0. The molecule has 0 atom stereocenters. The Balaban J connectivity index is 2.61. The van der Waals surface area contributed by atoms with E-state index in [4.69, 9.17) is 0 Å². The Hall–Kier alpha value is -0.890. The van der Waals surface area contributed by atoms with E-state index >= 15 is 0 Å². The fourth-order valence-electron chi connectivity index (χ4n) is 1.71. The van der Waals surface area contributed by atoms with Gasteiger partial charge >= 0.3 is 6.09 Å². The molecule has 0 aliphatic carbocycles. The predicted octanol–water partition coefficient (Wildman–Crippen LogP) is 4.00. The summed E-state index contributed by atoms with van der Waals surface area (Å²) in [5, 5.41) is 3.19. The molecule has 1 aromatic carbocycles. The fourth-order valence-corrected chi connectivity index (χ4v) is 3.70. The van der Waals surface area contributed by atoms with Gasteiger partial charge in [0.2, 0.25) is 0 Å². The normalized spacial score (nSPS) is 10.7. The zero-order valence-electron chi connectivity index (χ0n) is 10.5. The van der Waals surface area contributed by atoms with Gasteiger partial charge in [-0.15, -0.1) is 0 Å². The number of hydrogen-bond acceptors (Lipinski definition) is 4. The Morgan fingerprint density at radius 2 is 1.94 bits per heavy atom. The second-order valence-corrected chi connectivity index (χ2v) is 6.08. The van der Waals surface area contributed by atoms with Crippen molar-refractivity contribution in [3.63, 3.8) is 0 Å². The SMILES string of the molecule is COC(=O)Nc1nc2c(C)c(C)c(C)c(I)c2s1. The molecule has 0 saturated heterocycles. The van der Waals surface area contributed by atoms with Gasteiger partial charge in [0.05, 0.1) is 17.3 Å². The molecule has 0 unspecified atom stereocenters.